The Balaban J connectivity index is 2.80. The minimum absolute atomic E-state index is 0.0194. The zero-order chi connectivity index (χ0) is 12.2. The van der Waals surface area contributed by atoms with E-state index in [9.17, 15) is 9.59 Å². The molecule has 90 valence electrons. The maximum Gasteiger partial charge on any atom is 0.320 e. The topological polar surface area (TPSA) is 43.4 Å². The summed E-state index contributed by atoms with van der Waals surface area (Å²) in [6.07, 6.45) is 5.24. The van der Waals surface area contributed by atoms with Crippen molar-refractivity contribution in [2.24, 2.45) is 11.3 Å². The van der Waals surface area contributed by atoms with Gasteiger partial charge in [0.1, 0.15) is 5.41 Å². The summed E-state index contributed by atoms with van der Waals surface area (Å²) < 4.78 is 5.03. The van der Waals surface area contributed by atoms with Crippen molar-refractivity contribution in [1.82, 2.24) is 0 Å². The van der Waals surface area contributed by atoms with Crippen LogP contribution in [0.3, 0.4) is 0 Å². The van der Waals surface area contributed by atoms with Gasteiger partial charge in [-0.1, -0.05) is 26.0 Å². The predicted molar refractivity (Wildman–Crippen MR) is 61.9 cm³/mol. The molecule has 3 heteroatoms. The molecule has 0 atom stereocenters. The van der Waals surface area contributed by atoms with Gasteiger partial charge in [0.2, 0.25) is 0 Å². The highest BCUT2D eigenvalue weighted by Crippen LogP contribution is 2.37. The fourth-order valence-corrected chi connectivity index (χ4v) is 2.00. The maximum atomic E-state index is 12.2. The van der Waals surface area contributed by atoms with Gasteiger partial charge in [-0.25, -0.2) is 0 Å². The summed E-state index contributed by atoms with van der Waals surface area (Å²) in [6, 6.07) is 0. The number of Topliss-reactive ketones (excluding diaryl/α,β-unsaturated/α-hetero) is 1. The van der Waals surface area contributed by atoms with Crippen LogP contribution in [0.1, 0.15) is 40.0 Å². The molecule has 0 heterocycles. The summed E-state index contributed by atoms with van der Waals surface area (Å²) >= 11 is 0. The van der Waals surface area contributed by atoms with Crippen molar-refractivity contribution < 1.29 is 14.3 Å². The number of allylic oxidation sites excluding steroid dienone is 2. The number of carbonyl (C=O) groups excluding carboxylic acids is 2. The average Bonchev–Trinajstić information content (AvgIpc) is 2.66. The van der Waals surface area contributed by atoms with E-state index >= 15 is 0 Å². The molecule has 0 aromatic heterocycles. The molecule has 0 aromatic carbocycles. The van der Waals surface area contributed by atoms with E-state index in [2.05, 4.69) is 0 Å². The first kappa shape index (κ1) is 12.9. The van der Waals surface area contributed by atoms with Gasteiger partial charge in [-0.15, -0.1) is 0 Å². The van der Waals surface area contributed by atoms with E-state index in [1.807, 2.05) is 26.0 Å². The van der Waals surface area contributed by atoms with Gasteiger partial charge in [0.15, 0.2) is 5.78 Å². The zero-order valence-corrected chi connectivity index (χ0v) is 10.3. The quantitative estimate of drug-likeness (QED) is 0.409. The lowest BCUT2D eigenvalue weighted by atomic mass is 9.78. The van der Waals surface area contributed by atoms with E-state index in [0.29, 0.717) is 25.9 Å². The van der Waals surface area contributed by atoms with Gasteiger partial charge < -0.3 is 4.74 Å². The van der Waals surface area contributed by atoms with Gasteiger partial charge in [-0.3, -0.25) is 9.59 Å². The van der Waals surface area contributed by atoms with Crippen molar-refractivity contribution >= 4 is 11.8 Å². The molecule has 0 bridgehead atoms. The van der Waals surface area contributed by atoms with Crippen molar-refractivity contribution in [3.63, 3.8) is 0 Å². The molecule has 3 nitrogen and oxygen atoms in total. The Labute approximate surface area is 96.9 Å². The monoisotopic (exact) mass is 224 g/mol. The molecular weight excluding hydrogens is 204 g/mol. The van der Waals surface area contributed by atoms with Gasteiger partial charge in [-0.2, -0.15) is 0 Å². The molecule has 0 fully saturated rings. The average molecular weight is 224 g/mol. The fourth-order valence-electron chi connectivity index (χ4n) is 2.00. The molecule has 16 heavy (non-hydrogen) atoms. The molecule has 1 aliphatic carbocycles. The number of ketones is 1. The SMILES string of the molecule is CCOC(=O)C1(C(=O)CC(C)C)CC=CC1. The van der Waals surface area contributed by atoms with E-state index in [-0.39, 0.29) is 17.7 Å². The van der Waals surface area contributed by atoms with Crippen LogP contribution in [0.25, 0.3) is 0 Å². The Hall–Kier alpha value is -1.12. The van der Waals surface area contributed by atoms with Gasteiger partial charge in [-0.05, 0) is 25.7 Å². The molecule has 0 N–H and O–H groups in total. The number of hydrogen-bond acceptors (Lipinski definition) is 3. The smallest absolute Gasteiger partial charge is 0.320 e. The third-order valence-electron chi connectivity index (χ3n) is 2.89. The molecule has 0 amide bonds. The summed E-state index contributed by atoms with van der Waals surface area (Å²) in [5.41, 5.74) is -0.916. The second-order valence-electron chi connectivity index (χ2n) is 4.70. The Kier molecular flexibility index (Phi) is 4.27. The third kappa shape index (κ3) is 2.52. The molecule has 0 aliphatic heterocycles. The van der Waals surface area contributed by atoms with E-state index in [0.717, 1.165) is 0 Å². The van der Waals surface area contributed by atoms with Gasteiger partial charge >= 0.3 is 5.97 Å². The Bertz CT molecular complexity index is 294. The molecule has 0 aromatic rings. The Morgan fingerprint density at radius 2 is 1.88 bits per heavy atom. The van der Waals surface area contributed by atoms with Gasteiger partial charge in [0.25, 0.3) is 0 Å². The van der Waals surface area contributed by atoms with Crippen LogP contribution in [0.5, 0.6) is 0 Å². The molecular formula is C13H20O3. The molecule has 0 spiro atoms. The first-order valence-electron chi connectivity index (χ1n) is 5.88. The maximum absolute atomic E-state index is 12.2. The van der Waals surface area contributed by atoms with Crippen LogP contribution in [-0.4, -0.2) is 18.4 Å². The Morgan fingerprint density at radius 1 is 1.31 bits per heavy atom. The minimum Gasteiger partial charge on any atom is -0.465 e. The lowest BCUT2D eigenvalue weighted by Crippen LogP contribution is -2.39. The standard InChI is InChI=1S/C13H20O3/c1-4-16-12(15)13(7-5-6-8-13)11(14)9-10(2)3/h5-6,10H,4,7-9H2,1-3H3. The van der Waals surface area contributed by atoms with Gasteiger partial charge in [0.05, 0.1) is 6.61 Å². The summed E-state index contributed by atoms with van der Waals surface area (Å²) in [5.74, 6) is -0.0593. The lowest BCUT2D eigenvalue weighted by molar-refractivity contribution is -0.159. The van der Waals surface area contributed by atoms with Gasteiger partial charge in [0, 0.05) is 6.42 Å². The lowest BCUT2D eigenvalue weighted by Gasteiger charge is -2.25. The van der Waals surface area contributed by atoms with E-state index < -0.39 is 5.41 Å². The van der Waals surface area contributed by atoms with E-state index in [4.69, 9.17) is 4.74 Å². The number of carbonyl (C=O) groups is 2. The van der Waals surface area contributed by atoms with Crippen molar-refractivity contribution in [1.29, 1.82) is 0 Å². The minimum atomic E-state index is -0.916. The highest BCUT2D eigenvalue weighted by atomic mass is 16.5. The second kappa shape index (κ2) is 5.28. The largest absolute Gasteiger partial charge is 0.465 e. The predicted octanol–water partition coefficient (Wildman–Crippen LogP) is 2.50. The van der Waals surface area contributed by atoms with E-state index in [1.54, 1.807) is 6.92 Å². The molecule has 0 saturated carbocycles. The number of rotatable bonds is 5. The van der Waals surface area contributed by atoms with Crippen LogP contribution in [0.4, 0.5) is 0 Å². The second-order valence-corrected chi connectivity index (χ2v) is 4.70. The van der Waals surface area contributed by atoms with Crippen LogP contribution in [0.15, 0.2) is 12.2 Å². The molecule has 1 rings (SSSR count). The summed E-state index contributed by atoms with van der Waals surface area (Å²) in [7, 11) is 0. The molecule has 1 aliphatic rings. The molecule has 0 unspecified atom stereocenters. The first-order chi connectivity index (χ1) is 7.53. The number of esters is 1. The third-order valence-corrected chi connectivity index (χ3v) is 2.89. The summed E-state index contributed by atoms with van der Waals surface area (Å²) in [5, 5.41) is 0. The fraction of sp³-hybridized carbons (Fsp3) is 0.692. The Morgan fingerprint density at radius 3 is 2.31 bits per heavy atom. The summed E-state index contributed by atoms with van der Waals surface area (Å²) in [4.78, 5) is 24.1. The molecule has 0 saturated heterocycles. The van der Waals surface area contributed by atoms with E-state index in [1.165, 1.54) is 0 Å². The van der Waals surface area contributed by atoms with Crippen molar-refractivity contribution in [2.45, 2.75) is 40.0 Å². The van der Waals surface area contributed by atoms with Crippen LogP contribution in [-0.2, 0) is 14.3 Å². The number of hydrogen-bond donors (Lipinski definition) is 0. The van der Waals surface area contributed by atoms with Crippen molar-refractivity contribution in [3.8, 4) is 0 Å². The first-order valence-corrected chi connectivity index (χ1v) is 5.88. The van der Waals surface area contributed by atoms with Crippen molar-refractivity contribution in [2.75, 3.05) is 6.61 Å². The highest BCUT2D eigenvalue weighted by Gasteiger charge is 2.46. The van der Waals surface area contributed by atoms with Crippen LogP contribution in [0.2, 0.25) is 0 Å². The normalized spacial score (nSPS) is 17.8. The summed E-state index contributed by atoms with van der Waals surface area (Å²) in [6.45, 7) is 6.06. The zero-order valence-electron chi connectivity index (χ0n) is 10.3. The highest BCUT2D eigenvalue weighted by molar-refractivity contribution is 6.04. The number of ether oxygens (including phenoxy) is 1. The van der Waals surface area contributed by atoms with Crippen LogP contribution >= 0.6 is 0 Å². The van der Waals surface area contributed by atoms with Crippen LogP contribution in [0, 0.1) is 11.3 Å². The molecule has 0 radical (unpaired) electrons. The van der Waals surface area contributed by atoms with Crippen molar-refractivity contribution in [3.05, 3.63) is 12.2 Å². The van der Waals surface area contributed by atoms with Crippen LogP contribution < -0.4 is 0 Å².